The second kappa shape index (κ2) is 50.1. The second-order valence-electron chi connectivity index (χ2n) is 21.9. The quantitative estimate of drug-likeness (QED) is 0.0442. The minimum absolute atomic E-state index is 0. The third-order valence-corrected chi connectivity index (χ3v) is 17.1. The predicted octanol–water partition coefficient (Wildman–Crippen LogP) is -11.4. The van der Waals surface area contributed by atoms with Crippen LogP contribution < -0.4 is 62.0 Å². The van der Waals surface area contributed by atoms with Crippen molar-refractivity contribution in [2.24, 2.45) is 0 Å². The number of fused-ring (bicyclic) bond motifs is 9. The molecule has 2 aromatic carbocycles. The second-order valence-corrected chi connectivity index (χ2v) is 22.2. The largest absolute Gasteiger partial charge is 0 e. The van der Waals surface area contributed by atoms with E-state index in [1.807, 2.05) is 6.08 Å². The van der Waals surface area contributed by atoms with Crippen LogP contribution in [0.25, 0.3) is 6.08 Å². The Hall–Kier alpha value is 0.337. The first-order valence-electron chi connectivity index (χ1n) is 28.0. The first-order chi connectivity index (χ1) is 36.5. The van der Waals surface area contributed by atoms with Crippen molar-refractivity contribution in [2.45, 2.75) is 70.5 Å². The molecule has 26 heteroatoms. The molecule has 82 heavy (non-hydrogen) atoms. The number of rotatable bonds is 22. The Bertz CT molecular complexity index is 1810. The van der Waals surface area contributed by atoms with E-state index >= 15 is 0 Å². The summed E-state index contributed by atoms with van der Waals surface area (Å²) in [5.74, 6) is 0.899. The Kier molecular flexibility index (Phi) is 55.7. The van der Waals surface area contributed by atoms with Gasteiger partial charge < -0.3 is 124 Å². The molecular formula is C56H103AlB2Cl6FN7O8V. The molecule has 0 saturated carbocycles. The van der Waals surface area contributed by atoms with Crippen molar-refractivity contribution < 1.29 is 148 Å². The number of nitrogens with one attached hydrogen (secondary N) is 1. The maximum Gasteiger partial charge on any atom is 0 e. The molecule has 9 fully saturated rings. The first-order valence-corrected chi connectivity index (χ1v) is 28.4. The molecular weight excluding hydrogens is 1230 g/mol. The zero-order valence-corrected chi connectivity index (χ0v) is 57.5. The molecule has 9 aliphatic heterocycles. The number of nitrogens with zero attached hydrogens (tertiary/aromatic N) is 6. The van der Waals surface area contributed by atoms with Gasteiger partial charge in [-0.1, -0.05) is 81.9 Å². The van der Waals surface area contributed by atoms with Gasteiger partial charge >= 0.3 is 20.4 Å². The smallest absolute Gasteiger partial charge is 0 e. The minimum atomic E-state index is -1.00. The van der Waals surface area contributed by atoms with E-state index in [0.29, 0.717) is 32.3 Å². The molecule has 0 amide bonds. The fourth-order valence-electron chi connectivity index (χ4n) is 11.9. The third kappa shape index (κ3) is 31.2. The van der Waals surface area contributed by atoms with Crippen LogP contribution >= 0.6 is 11.6 Å². The monoisotopic (exact) mass is 1330 g/mol. The summed E-state index contributed by atoms with van der Waals surface area (Å²) in [6.07, 6.45) is 1.65. The molecule has 5 atom stereocenters. The van der Waals surface area contributed by atoms with E-state index in [-0.39, 0.29) is 113 Å². The van der Waals surface area contributed by atoms with Crippen molar-refractivity contribution in [1.82, 2.24) is 4.90 Å². The zero-order chi connectivity index (χ0) is 56.7. The summed E-state index contributed by atoms with van der Waals surface area (Å²) in [5, 5.41) is 38.6. The number of benzene rings is 2. The number of aliphatic hydroxyl groups is 4. The molecule has 11 rings (SSSR count). The van der Waals surface area contributed by atoms with Crippen molar-refractivity contribution in [2.75, 3.05) is 205 Å². The van der Waals surface area contributed by atoms with Crippen molar-refractivity contribution in [1.29, 1.82) is 4.35 Å². The molecule has 473 valence electrons. The molecule has 2 aromatic rings. The summed E-state index contributed by atoms with van der Waals surface area (Å²) < 4.78 is 46.7. The number of methoxy groups -OCH3 is 4. The summed E-state index contributed by atoms with van der Waals surface area (Å²) in [5.41, 5.74) is 5.56. The van der Waals surface area contributed by atoms with Crippen molar-refractivity contribution in [3.8, 4) is 0 Å². The van der Waals surface area contributed by atoms with Crippen LogP contribution in [-0.4, -0.2) is 310 Å². The van der Waals surface area contributed by atoms with Gasteiger partial charge in [-0.3, -0.25) is 9.29 Å². The SMILES string of the molecule is C=Cc1ccc(C[N+]23CC[N+](CC(O)COC)(CC2)CC3)cc1.CCC(C)c1ccc(C[N+]23CC[N+](CC(O)COC)(CC2)CC3)cc1.COCC(O)CCl.COCC(O)C[N+]12CCN(CC1)CC2.[2H]CF.[B].[B]C.[Cl-].[Cl-].[Cl-].[Cl-].[Cl-].[NH]=[Al].[V]. The average Bonchev–Trinajstić information content (AvgIpc) is 3.59. The average molecular weight is 1330 g/mol. The maximum absolute atomic E-state index is 10.2. The zero-order valence-electron chi connectivity index (χ0n) is 51.4. The number of alkyl halides is 2. The maximum atomic E-state index is 10.2. The van der Waals surface area contributed by atoms with Crippen molar-refractivity contribution in [3.63, 3.8) is 0 Å². The fraction of sp³-hybridized carbons (Fsp3) is 0.750. The van der Waals surface area contributed by atoms with Crippen LogP contribution in [0, 0.1) is 4.35 Å². The molecule has 9 aliphatic rings. The predicted molar refractivity (Wildman–Crippen MR) is 310 cm³/mol. The van der Waals surface area contributed by atoms with E-state index in [1.54, 1.807) is 37.4 Å². The Morgan fingerprint density at radius 3 is 1.12 bits per heavy atom. The summed E-state index contributed by atoms with van der Waals surface area (Å²) in [4.78, 5) is 2.52. The molecule has 9 saturated heterocycles. The van der Waals surface area contributed by atoms with Gasteiger partial charge in [-0.2, -0.15) is 0 Å². The number of halogens is 7. The number of aliphatic hydroxyl groups excluding tert-OH is 4. The van der Waals surface area contributed by atoms with E-state index in [4.69, 9.17) is 36.6 Å². The summed E-state index contributed by atoms with van der Waals surface area (Å²) in [6, 6.07) is 18.2. The number of piperazine rings is 9. The standard InChI is InChI=1S/C21H36N2O2.C19H30N2O2.C10H21N2O2.C4H9ClO2.CH3B.CH3F.Al.B.5ClH.HN.V/c1-4-18(2)20-7-5-19(6-8-20)15-22-9-12-23(13-10-22,14-11-22)16-21(24)17-25-3;1-3-17-4-6-18(7-5-17)14-20-8-11-21(12-9-20,13-10-20)15-19(22)16-23-2;1-14-9-10(13)8-12-5-2-11(3-6-12)4-7-12;1-7-3-4(6)2-5;2*1-2;;;;;;;;;/h5-8,18,21,24H,4,9-17H2,1-3H3;3-7,19,22H,1,8-16H2,2H3;10,13H,2-9H2,1H3;4,6H,2-3H2,1H3;2*1H3;;;6*1H;/q2*+2;+1;;;;;;;;;;;;/p-5/i;;;;;1D;;;;;;;;;. The van der Waals surface area contributed by atoms with Gasteiger partial charge in [0.1, 0.15) is 130 Å². The Morgan fingerprint density at radius 1 is 0.598 bits per heavy atom. The van der Waals surface area contributed by atoms with Crippen LogP contribution in [0.4, 0.5) is 4.39 Å². The Balaban J connectivity index is -0.000000236. The van der Waals surface area contributed by atoms with Crippen LogP contribution in [-0.2, 0) is 50.6 Å². The van der Waals surface area contributed by atoms with Crippen LogP contribution in [0.5, 0.6) is 0 Å². The molecule has 6 bridgehead atoms. The number of quaternary nitrogens is 5. The van der Waals surface area contributed by atoms with Crippen LogP contribution in [0.15, 0.2) is 55.1 Å². The van der Waals surface area contributed by atoms with Gasteiger partial charge in [-0.05, 0) is 23.5 Å². The molecule has 9 heterocycles. The molecule has 5 unspecified atom stereocenters. The van der Waals surface area contributed by atoms with Crippen LogP contribution in [0.1, 0.15) is 49.8 Å². The third-order valence-electron chi connectivity index (χ3n) is 16.8. The van der Waals surface area contributed by atoms with E-state index in [0.717, 1.165) is 39.6 Å². The molecule has 0 aliphatic carbocycles. The Labute approximate surface area is 556 Å². The summed E-state index contributed by atoms with van der Waals surface area (Å²) >= 11 is 6.87. The molecule has 7 radical (unpaired) electrons. The Morgan fingerprint density at radius 2 is 0.866 bits per heavy atom. The first kappa shape index (κ1) is 91.1. The van der Waals surface area contributed by atoms with Crippen molar-refractivity contribution >= 4 is 50.0 Å². The van der Waals surface area contributed by atoms with Gasteiger partial charge in [0.2, 0.25) is 0 Å². The van der Waals surface area contributed by atoms with Crippen molar-refractivity contribution in [3.05, 3.63) is 77.4 Å². The number of ether oxygens (including phenoxy) is 4. The molecule has 15 nitrogen and oxygen atoms in total. The van der Waals surface area contributed by atoms with Crippen LogP contribution in [0.2, 0.25) is 6.82 Å². The van der Waals surface area contributed by atoms with E-state index in [9.17, 15) is 19.7 Å². The normalized spacial score (nSPS) is 26.3. The summed E-state index contributed by atoms with van der Waals surface area (Å²) in [6.45, 7) is 38.3. The van der Waals surface area contributed by atoms with E-state index < -0.39 is 13.3 Å². The molecule has 0 aromatic heterocycles. The van der Waals surface area contributed by atoms with Gasteiger partial charge in [0, 0.05) is 86.2 Å². The number of hydrogen-bond acceptors (Lipinski definition) is 10. The van der Waals surface area contributed by atoms with Gasteiger partial charge in [-0.25, -0.2) is 0 Å². The van der Waals surface area contributed by atoms with Crippen LogP contribution in [0.3, 0.4) is 0 Å². The number of hydrogen-bond donors (Lipinski definition) is 5. The van der Waals surface area contributed by atoms with Gasteiger partial charge in [-0.15, -0.1) is 11.6 Å². The fourth-order valence-corrected chi connectivity index (χ4v) is 12.0. The van der Waals surface area contributed by atoms with Gasteiger partial charge in [0.15, 0.2) is 0 Å². The van der Waals surface area contributed by atoms with Gasteiger partial charge in [0.05, 0.1) is 74.4 Å². The molecule has 0 spiro atoms. The van der Waals surface area contributed by atoms with E-state index in [1.165, 1.54) is 176 Å². The molecule has 5 N–H and O–H groups in total. The topological polar surface area (TPSA) is 145 Å². The van der Waals surface area contributed by atoms with Gasteiger partial charge in [0.25, 0.3) is 0 Å². The summed E-state index contributed by atoms with van der Waals surface area (Å²) in [7, 11) is 10.0. The van der Waals surface area contributed by atoms with E-state index in [2.05, 4.69) is 86.4 Å². The minimum Gasteiger partial charge on any atom is 0 e.